The van der Waals surface area contributed by atoms with Crippen LogP contribution in [-0.4, -0.2) is 29.9 Å². The summed E-state index contributed by atoms with van der Waals surface area (Å²) in [5.41, 5.74) is 5.83. The number of nitrogens with two attached hydrogens (primary N) is 1. The van der Waals surface area contributed by atoms with Gasteiger partial charge < -0.3 is 10.6 Å². The van der Waals surface area contributed by atoms with E-state index in [0.29, 0.717) is 24.4 Å². The normalized spacial score (nSPS) is 34.0. The first-order valence-electron chi connectivity index (χ1n) is 7.28. The Morgan fingerprint density at radius 3 is 2.71 bits per heavy atom. The van der Waals surface area contributed by atoms with E-state index in [4.69, 9.17) is 5.73 Å². The van der Waals surface area contributed by atoms with Gasteiger partial charge in [0.1, 0.15) is 0 Å². The minimum atomic E-state index is 0.223. The zero-order chi connectivity index (χ0) is 12.3. The molecule has 1 aliphatic carbocycles. The number of hydrogen-bond donors (Lipinski definition) is 1. The summed E-state index contributed by atoms with van der Waals surface area (Å²) in [5, 5.41) is 0. The number of carbonyl (C=O) groups excluding carboxylic acids is 1. The predicted molar refractivity (Wildman–Crippen MR) is 69.5 cm³/mol. The minimum Gasteiger partial charge on any atom is -0.339 e. The van der Waals surface area contributed by atoms with Crippen LogP contribution in [0.1, 0.15) is 51.9 Å². The van der Waals surface area contributed by atoms with E-state index in [9.17, 15) is 4.79 Å². The fraction of sp³-hybridized carbons (Fsp3) is 0.929. The van der Waals surface area contributed by atoms with Gasteiger partial charge in [0.05, 0.1) is 0 Å². The Balaban J connectivity index is 2.02. The molecule has 2 fully saturated rings. The highest BCUT2D eigenvalue weighted by Crippen LogP contribution is 2.33. The van der Waals surface area contributed by atoms with Crippen molar-refractivity contribution in [3.05, 3.63) is 0 Å². The monoisotopic (exact) mass is 238 g/mol. The minimum absolute atomic E-state index is 0.223. The molecule has 3 atom stereocenters. The lowest BCUT2D eigenvalue weighted by molar-refractivity contribution is -0.139. The topological polar surface area (TPSA) is 46.3 Å². The first-order chi connectivity index (χ1) is 8.27. The van der Waals surface area contributed by atoms with Crippen LogP contribution in [0.3, 0.4) is 0 Å². The van der Waals surface area contributed by atoms with Crippen LogP contribution in [0.25, 0.3) is 0 Å². The third-order valence-electron chi connectivity index (χ3n) is 4.66. The molecule has 3 nitrogen and oxygen atoms in total. The number of carbonyl (C=O) groups is 1. The summed E-state index contributed by atoms with van der Waals surface area (Å²) in [7, 11) is 0. The fourth-order valence-electron chi connectivity index (χ4n) is 3.58. The Morgan fingerprint density at radius 1 is 1.24 bits per heavy atom. The summed E-state index contributed by atoms with van der Waals surface area (Å²) < 4.78 is 0. The number of amides is 1. The molecule has 0 aromatic rings. The molecule has 3 unspecified atom stereocenters. The lowest BCUT2D eigenvalue weighted by Crippen LogP contribution is -2.44. The fourth-order valence-corrected chi connectivity index (χ4v) is 3.58. The van der Waals surface area contributed by atoms with Gasteiger partial charge in [-0.3, -0.25) is 4.79 Å². The number of rotatable bonds is 3. The van der Waals surface area contributed by atoms with Crippen LogP contribution in [0.4, 0.5) is 0 Å². The van der Waals surface area contributed by atoms with E-state index in [0.717, 1.165) is 25.8 Å². The molecular weight excluding hydrogens is 212 g/mol. The Morgan fingerprint density at radius 2 is 2.00 bits per heavy atom. The molecule has 1 saturated heterocycles. The van der Waals surface area contributed by atoms with Gasteiger partial charge in [-0.25, -0.2) is 0 Å². The van der Waals surface area contributed by atoms with Gasteiger partial charge in [-0.1, -0.05) is 19.8 Å². The Bertz CT molecular complexity index is 267. The zero-order valence-electron chi connectivity index (χ0n) is 11.0. The van der Waals surface area contributed by atoms with Crippen LogP contribution < -0.4 is 5.73 Å². The van der Waals surface area contributed by atoms with E-state index in [1.807, 2.05) is 0 Å². The maximum Gasteiger partial charge on any atom is 0.226 e. The maximum absolute atomic E-state index is 12.6. The third kappa shape index (κ3) is 2.65. The SMILES string of the molecule is CCC1CCCN1C(=O)C1CCCCC1CN. The molecule has 98 valence electrons. The third-order valence-corrected chi connectivity index (χ3v) is 4.66. The molecule has 1 aliphatic heterocycles. The smallest absolute Gasteiger partial charge is 0.226 e. The van der Waals surface area contributed by atoms with E-state index in [1.165, 1.54) is 25.7 Å². The Hall–Kier alpha value is -0.570. The largest absolute Gasteiger partial charge is 0.339 e. The molecule has 0 radical (unpaired) electrons. The van der Waals surface area contributed by atoms with Gasteiger partial charge in [-0.15, -0.1) is 0 Å². The van der Waals surface area contributed by atoms with Gasteiger partial charge in [0.25, 0.3) is 0 Å². The van der Waals surface area contributed by atoms with Gasteiger partial charge in [-0.2, -0.15) is 0 Å². The standard InChI is InChI=1S/C14H26N2O/c1-2-12-7-5-9-16(12)14(17)13-8-4-3-6-11(13)10-15/h11-13H,2-10,15H2,1H3. The quantitative estimate of drug-likeness (QED) is 0.819. The molecule has 0 aromatic carbocycles. The maximum atomic E-state index is 12.6. The molecule has 2 N–H and O–H groups in total. The van der Waals surface area contributed by atoms with E-state index in [-0.39, 0.29) is 5.92 Å². The van der Waals surface area contributed by atoms with Crippen molar-refractivity contribution in [2.24, 2.45) is 17.6 Å². The molecule has 17 heavy (non-hydrogen) atoms. The number of likely N-dealkylation sites (tertiary alicyclic amines) is 1. The second kappa shape index (κ2) is 5.85. The second-order valence-electron chi connectivity index (χ2n) is 5.62. The van der Waals surface area contributed by atoms with Gasteiger partial charge in [0.2, 0.25) is 5.91 Å². The highest BCUT2D eigenvalue weighted by Gasteiger charge is 2.36. The molecule has 2 rings (SSSR count). The Kier molecular flexibility index (Phi) is 4.43. The van der Waals surface area contributed by atoms with Crippen LogP contribution in [-0.2, 0) is 4.79 Å². The van der Waals surface area contributed by atoms with Crippen LogP contribution in [0.2, 0.25) is 0 Å². The second-order valence-corrected chi connectivity index (χ2v) is 5.62. The predicted octanol–water partition coefficient (Wildman–Crippen LogP) is 2.15. The lowest BCUT2D eigenvalue weighted by Gasteiger charge is -2.34. The molecular formula is C14H26N2O. The molecule has 3 heteroatoms. The van der Waals surface area contributed by atoms with E-state index >= 15 is 0 Å². The molecule has 0 aromatic heterocycles. The van der Waals surface area contributed by atoms with Gasteiger partial charge in [0.15, 0.2) is 0 Å². The van der Waals surface area contributed by atoms with Crippen molar-refractivity contribution in [2.45, 2.75) is 57.9 Å². The average Bonchev–Trinajstić information content (AvgIpc) is 2.86. The van der Waals surface area contributed by atoms with Crippen molar-refractivity contribution >= 4 is 5.91 Å². The Labute approximate surface area is 105 Å². The van der Waals surface area contributed by atoms with Crippen LogP contribution in [0.15, 0.2) is 0 Å². The van der Waals surface area contributed by atoms with Crippen molar-refractivity contribution in [2.75, 3.05) is 13.1 Å². The highest BCUT2D eigenvalue weighted by atomic mass is 16.2. The summed E-state index contributed by atoms with van der Waals surface area (Å²) >= 11 is 0. The van der Waals surface area contributed by atoms with Crippen molar-refractivity contribution < 1.29 is 4.79 Å². The van der Waals surface area contributed by atoms with E-state index in [1.54, 1.807) is 0 Å². The summed E-state index contributed by atoms with van der Waals surface area (Å²) in [6, 6.07) is 0.503. The molecule has 2 aliphatic rings. The molecule has 1 saturated carbocycles. The van der Waals surface area contributed by atoms with Gasteiger partial charge in [0, 0.05) is 18.5 Å². The molecule has 0 bridgehead atoms. The molecule has 1 heterocycles. The summed E-state index contributed by atoms with van der Waals surface area (Å²) in [6.07, 6.45) is 8.16. The van der Waals surface area contributed by atoms with Crippen LogP contribution in [0, 0.1) is 11.8 Å². The highest BCUT2D eigenvalue weighted by molar-refractivity contribution is 5.80. The zero-order valence-corrected chi connectivity index (χ0v) is 11.0. The number of nitrogens with zero attached hydrogens (tertiary/aromatic N) is 1. The van der Waals surface area contributed by atoms with Crippen LogP contribution >= 0.6 is 0 Å². The molecule has 0 spiro atoms. The van der Waals surface area contributed by atoms with Crippen LogP contribution in [0.5, 0.6) is 0 Å². The number of hydrogen-bond acceptors (Lipinski definition) is 2. The first-order valence-corrected chi connectivity index (χ1v) is 7.28. The van der Waals surface area contributed by atoms with Crippen molar-refractivity contribution in [1.82, 2.24) is 4.90 Å². The van der Waals surface area contributed by atoms with Gasteiger partial charge >= 0.3 is 0 Å². The van der Waals surface area contributed by atoms with Crippen molar-refractivity contribution in [1.29, 1.82) is 0 Å². The van der Waals surface area contributed by atoms with Gasteiger partial charge in [-0.05, 0) is 44.6 Å². The average molecular weight is 238 g/mol. The first kappa shape index (κ1) is 12.9. The van der Waals surface area contributed by atoms with E-state index < -0.39 is 0 Å². The van der Waals surface area contributed by atoms with Crippen molar-refractivity contribution in [3.63, 3.8) is 0 Å². The summed E-state index contributed by atoms with van der Waals surface area (Å²) in [6.45, 7) is 3.85. The summed E-state index contributed by atoms with van der Waals surface area (Å²) in [5.74, 6) is 1.07. The summed E-state index contributed by atoms with van der Waals surface area (Å²) in [4.78, 5) is 14.8. The molecule has 1 amide bonds. The van der Waals surface area contributed by atoms with E-state index in [2.05, 4.69) is 11.8 Å². The van der Waals surface area contributed by atoms with Crippen molar-refractivity contribution in [3.8, 4) is 0 Å². The lowest BCUT2D eigenvalue weighted by atomic mass is 9.78.